The van der Waals surface area contributed by atoms with Crippen LogP contribution in [0.1, 0.15) is 48.3 Å². The van der Waals surface area contributed by atoms with Gasteiger partial charge in [0.15, 0.2) is 17.4 Å². The van der Waals surface area contributed by atoms with E-state index in [9.17, 15) is 4.79 Å². The third-order valence-corrected chi connectivity index (χ3v) is 4.24. The predicted molar refractivity (Wildman–Crippen MR) is 99.4 cm³/mol. The van der Waals surface area contributed by atoms with Gasteiger partial charge in [0.2, 0.25) is 0 Å². The van der Waals surface area contributed by atoms with Crippen molar-refractivity contribution in [1.29, 1.82) is 0 Å². The average molecular weight is 333 g/mol. The molecule has 0 radical (unpaired) electrons. The number of carbonyl (C=O) groups excluding carboxylic acids is 1. The third kappa shape index (κ3) is 5.11. The van der Waals surface area contributed by atoms with E-state index in [4.69, 9.17) is 0 Å². The van der Waals surface area contributed by atoms with Crippen molar-refractivity contribution in [1.82, 2.24) is 15.2 Å². The number of nitrogens with one attached hydrogen (secondary N) is 1. The Balaban J connectivity index is 1.37. The van der Waals surface area contributed by atoms with Gasteiger partial charge in [0.05, 0.1) is 0 Å². The van der Waals surface area contributed by atoms with Crippen LogP contribution in [0.15, 0.2) is 60.7 Å². The summed E-state index contributed by atoms with van der Waals surface area (Å²) in [5, 5.41) is 6.91. The quantitative estimate of drug-likeness (QED) is 0.450. The maximum absolute atomic E-state index is 12.2. The van der Waals surface area contributed by atoms with E-state index in [0.29, 0.717) is 18.1 Å². The lowest BCUT2D eigenvalue weighted by Crippen LogP contribution is -2.01. The second-order valence-electron chi connectivity index (χ2n) is 6.20. The molecule has 4 heteroatoms. The average Bonchev–Trinajstić information content (AvgIpc) is 3.16. The molecule has 2 aromatic carbocycles. The van der Waals surface area contributed by atoms with Gasteiger partial charge in [0.1, 0.15) is 0 Å². The van der Waals surface area contributed by atoms with E-state index in [1.54, 1.807) is 0 Å². The first kappa shape index (κ1) is 17.1. The fourth-order valence-corrected chi connectivity index (χ4v) is 2.83. The van der Waals surface area contributed by atoms with Crippen molar-refractivity contribution < 1.29 is 4.79 Å². The molecule has 0 fully saturated rings. The number of hydrogen-bond acceptors (Lipinski definition) is 3. The lowest BCUT2D eigenvalue weighted by atomic mass is 10.0. The molecule has 3 rings (SSSR count). The first-order valence-corrected chi connectivity index (χ1v) is 8.88. The van der Waals surface area contributed by atoms with E-state index in [-0.39, 0.29) is 5.78 Å². The fourth-order valence-electron chi connectivity index (χ4n) is 2.83. The van der Waals surface area contributed by atoms with Gasteiger partial charge in [0.25, 0.3) is 0 Å². The smallest absolute Gasteiger partial charge is 0.199 e. The Morgan fingerprint density at radius 2 is 1.52 bits per heavy atom. The zero-order valence-electron chi connectivity index (χ0n) is 14.3. The SMILES string of the molecule is O=C(CCCCCCc1ccccc1)c1nc(-c2ccccc2)n[nH]1. The van der Waals surface area contributed by atoms with Gasteiger partial charge in [-0.25, -0.2) is 4.98 Å². The van der Waals surface area contributed by atoms with Gasteiger partial charge in [-0.3, -0.25) is 9.89 Å². The summed E-state index contributed by atoms with van der Waals surface area (Å²) in [6.45, 7) is 0. The van der Waals surface area contributed by atoms with E-state index >= 15 is 0 Å². The third-order valence-electron chi connectivity index (χ3n) is 4.24. The molecule has 1 N–H and O–H groups in total. The number of carbonyl (C=O) groups is 1. The minimum absolute atomic E-state index is 0.0396. The van der Waals surface area contributed by atoms with Gasteiger partial charge >= 0.3 is 0 Å². The number of H-pyrrole nitrogens is 1. The molecule has 4 nitrogen and oxygen atoms in total. The van der Waals surface area contributed by atoms with Crippen molar-refractivity contribution in [3.05, 3.63) is 72.1 Å². The molecule has 128 valence electrons. The molecule has 3 aromatic rings. The standard InChI is InChI=1S/C21H23N3O/c25-19(16-10-2-1-5-11-17-12-6-3-7-13-17)21-22-20(23-24-21)18-14-8-4-9-15-18/h3-4,6-9,12-15H,1-2,5,10-11,16H2,(H,22,23,24). The van der Waals surface area contributed by atoms with Gasteiger partial charge in [-0.05, 0) is 24.8 Å². The topological polar surface area (TPSA) is 58.6 Å². The van der Waals surface area contributed by atoms with Crippen molar-refractivity contribution in [2.75, 3.05) is 0 Å². The number of hydrogen-bond donors (Lipinski definition) is 1. The summed E-state index contributed by atoms with van der Waals surface area (Å²) in [4.78, 5) is 16.5. The summed E-state index contributed by atoms with van der Waals surface area (Å²) in [6, 6.07) is 20.2. The van der Waals surface area contributed by atoms with Crippen molar-refractivity contribution in [3.63, 3.8) is 0 Å². The fraction of sp³-hybridized carbons (Fsp3) is 0.286. The summed E-state index contributed by atoms with van der Waals surface area (Å²) in [6.07, 6.45) is 5.91. The van der Waals surface area contributed by atoms with Crippen molar-refractivity contribution in [2.24, 2.45) is 0 Å². The number of aryl methyl sites for hydroxylation is 1. The highest BCUT2D eigenvalue weighted by atomic mass is 16.1. The lowest BCUT2D eigenvalue weighted by molar-refractivity contribution is 0.0969. The molecule has 0 saturated carbocycles. The highest BCUT2D eigenvalue weighted by Crippen LogP contribution is 2.15. The maximum Gasteiger partial charge on any atom is 0.199 e. The monoisotopic (exact) mass is 333 g/mol. The summed E-state index contributed by atoms with van der Waals surface area (Å²) in [5.74, 6) is 0.979. The number of Topliss-reactive ketones (excluding diaryl/α,β-unsaturated/α-hetero) is 1. The minimum atomic E-state index is 0.0396. The number of aromatic amines is 1. The van der Waals surface area contributed by atoms with Crippen LogP contribution in [0.25, 0.3) is 11.4 Å². The zero-order chi connectivity index (χ0) is 17.3. The molecule has 0 atom stereocenters. The van der Waals surface area contributed by atoms with Gasteiger partial charge in [0, 0.05) is 12.0 Å². The highest BCUT2D eigenvalue weighted by molar-refractivity contribution is 5.92. The van der Waals surface area contributed by atoms with Gasteiger partial charge in [-0.2, -0.15) is 5.10 Å². The van der Waals surface area contributed by atoms with Gasteiger partial charge < -0.3 is 0 Å². The molecule has 1 aromatic heterocycles. The molecule has 0 unspecified atom stereocenters. The Morgan fingerprint density at radius 3 is 2.28 bits per heavy atom. The summed E-state index contributed by atoms with van der Waals surface area (Å²) in [5.41, 5.74) is 2.30. The molecule has 0 bridgehead atoms. The molecule has 0 amide bonds. The molecule has 25 heavy (non-hydrogen) atoms. The van der Waals surface area contributed by atoms with E-state index in [1.165, 1.54) is 12.0 Å². The maximum atomic E-state index is 12.2. The highest BCUT2D eigenvalue weighted by Gasteiger charge is 2.12. The van der Waals surface area contributed by atoms with Crippen LogP contribution in [-0.2, 0) is 6.42 Å². The second-order valence-corrected chi connectivity index (χ2v) is 6.20. The van der Waals surface area contributed by atoms with E-state index in [1.807, 2.05) is 36.4 Å². The Bertz CT molecular complexity index is 781. The number of nitrogens with zero attached hydrogens (tertiary/aromatic N) is 2. The van der Waals surface area contributed by atoms with Gasteiger partial charge in [-0.1, -0.05) is 73.5 Å². The van der Waals surface area contributed by atoms with E-state index in [2.05, 4.69) is 39.4 Å². The van der Waals surface area contributed by atoms with Crippen LogP contribution in [0.4, 0.5) is 0 Å². The Morgan fingerprint density at radius 1 is 0.840 bits per heavy atom. The lowest BCUT2D eigenvalue weighted by Gasteiger charge is -2.01. The molecule has 0 spiro atoms. The first-order valence-electron chi connectivity index (χ1n) is 8.88. The van der Waals surface area contributed by atoms with Crippen LogP contribution in [0.5, 0.6) is 0 Å². The van der Waals surface area contributed by atoms with Crippen molar-refractivity contribution in [2.45, 2.75) is 38.5 Å². The van der Waals surface area contributed by atoms with Crippen LogP contribution in [0.2, 0.25) is 0 Å². The number of aromatic nitrogens is 3. The number of rotatable bonds is 9. The van der Waals surface area contributed by atoms with Crippen LogP contribution in [0.3, 0.4) is 0 Å². The largest absolute Gasteiger partial charge is 0.291 e. The Labute approximate surface area is 148 Å². The van der Waals surface area contributed by atoms with Crippen LogP contribution < -0.4 is 0 Å². The minimum Gasteiger partial charge on any atom is -0.291 e. The Kier molecular flexibility index (Phi) is 6.10. The molecular weight excluding hydrogens is 310 g/mol. The molecule has 0 saturated heterocycles. The molecular formula is C21H23N3O. The van der Waals surface area contributed by atoms with Crippen molar-refractivity contribution in [3.8, 4) is 11.4 Å². The number of unbranched alkanes of at least 4 members (excludes halogenated alkanes) is 3. The summed E-state index contributed by atoms with van der Waals surface area (Å²) >= 11 is 0. The number of ketones is 1. The summed E-state index contributed by atoms with van der Waals surface area (Å²) < 4.78 is 0. The predicted octanol–water partition coefficient (Wildman–Crippen LogP) is 4.85. The molecule has 0 aliphatic rings. The van der Waals surface area contributed by atoms with Gasteiger partial charge in [-0.15, -0.1) is 0 Å². The van der Waals surface area contributed by atoms with Crippen LogP contribution >= 0.6 is 0 Å². The first-order chi connectivity index (χ1) is 12.3. The van der Waals surface area contributed by atoms with Crippen LogP contribution in [-0.4, -0.2) is 21.0 Å². The normalized spacial score (nSPS) is 10.7. The van der Waals surface area contributed by atoms with Crippen LogP contribution in [0, 0.1) is 0 Å². The molecule has 1 heterocycles. The van der Waals surface area contributed by atoms with E-state index in [0.717, 1.165) is 31.2 Å². The summed E-state index contributed by atoms with van der Waals surface area (Å²) in [7, 11) is 0. The Hall–Kier alpha value is -2.75. The molecule has 0 aliphatic carbocycles. The zero-order valence-corrected chi connectivity index (χ0v) is 14.3. The van der Waals surface area contributed by atoms with E-state index < -0.39 is 0 Å². The molecule has 0 aliphatic heterocycles. The van der Waals surface area contributed by atoms with Crippen molar-refractivity contribution >= 4 is 5.78 Å². The second kappa shape index (κ2) is 8.92. The number of benzene rings is 2.